The summed E-state index contributed by atoms with van der Waals surface area (Å²) in [7, 11) is 1.72. The van der Waals surface area contributed by atoms with Gasteiger partial charge in [0.25, 0.3) is 0 Å². The van der Waals surface area contributed by atoms with Gasteiger partial charge in [0.1, 0.15) is 0 Å². The van der Waals surface area contributed by atoms with Gasteiger partial charge in [-0.1, -0.05) is 6.92 Å². The minimum atomic E-state index is -0.422. The van der Waals surface area contributed by atoms with E-state index in [-0.39, 0.29) is 12.1 Å². The average molecular weight is 255 g/mol. The van der Waals surface area contributed by atoms with Crippen molar-refractivity contribution in [3.8, 4) is 6.01 Å². The molecule has 0 aliphatic carbocycles. The van der Waals surface area contributed by atoms with Crippen LogP contribution < -0.4 is 15.4 Å². The number of nitrogens with one attached hydrogen (secondary N) is 2. The van der Waals surface area contributed by atoms with Crippen LogP contribution in [0, 0.1) is 0 Å². The first-order valence-electron chi connectivity index (χ1n) is 6.07. The largest absolute Gasteiger partial charge is 0.461 e. The lowest BCUT2D eigenvalue weighted by Gasteiger charge is -2.12. The fraction of sp³-hybridized carbons (Fsp3) is 0.727. The summed E-state index contributed by atoms with van der Waals surface area (Å²) in [6, 6.07) is 0.262. The highest BCUT2D eigenvalue weighted by Gasteiger charge is 2.09. The van der Waals surface area contributed by atoms with Crippen LogP contribution in [-0.2, 0) is 0 Å². The smallest absolute Gasteiger partial charge is 0.323 e. The molecular formula is C11H21N5O2. The van der Waals surface area contributed by atoms with Crippen molar-refractivity contribution in [3.05, 3.63) is 0 Å². The van der Waals surface area contributed by atoms with Gasteiger partial charge < -0.3 is 20.5 Å². The molecule has 0 radical (unpaired) electrons. The van der Waals surface area contributed by atoms with Crippen molar-refractivity contribution in [2.45, 2.75) is 39.4 Å². The number of rotatable bonds is 7. The third kappa shape index (κ3) is 4.70. The molecule has 0 amide bonds. The van der Waals surface area contributed by atoms with Crippen molar-refractivity contribution in [1.82, 2.24) is 15.0 Å². The minimum absolute atomic E-state index is 0.00816. The van der Waals surface area contributed by atoms with Gasteiger partial charge in [-0.2, -0.15) is 15.0 Å². The second-order valence-electron chi connectivity index (χ2n) is 4.12. The Labute approximate surface area is 107 Å². The van der Waals surface area contributed by atoms with Crippen LogP contribution in [0.4, 0.5) is 11.9 Å². The molecule has 1 rings (SSSR count). The second-order valence-corrected chi connectivity index (χ2v) is 4.12. The predicted molar refractivity (Wildman–Crippen MR) is 69.9 cm³/mol. The number of aliphatic hydroxyl groups excluding tert-OH is 1. The maximum absolute atomic E-state index is 9.48. The van der Waals surface area contributed by atoms with Crippen LogP contribution in [0.2, 0.25) is 0 Å². The van der Waals surface area contributed by atoms with E-state index < -0.39 is 6.10 Å². The van der Waals surface area contributed by atoms with E-state index in [1.165, 1.54) is 0 Å². The van der Waals surface area contributed by atoms with Crippen LogP contribution >= 0.6 is 0 Å². The number of ether oxygens (including phenoxy) is 1. The summed E-state index contributed by atoms with van der Waals surface area (Å²) >= 11 is 0. The van der Waals surface area contributed by atoms with E-state index in [0.717, 1.165) is 0 Å². The van der Waals surface area contributed by atoms with Gasteiger partial charge in [-0.25, -0.2) is 0 Å². The summed E-state index contributed by atoms with van der Waals surface area (Å²) in [5, 5.41) is 15.3. The average Bonchev–Trinajstić information content (AvgIpc) is 2.34. The van der Waals surface area contributed by atoms with E-state index in [1.54, 1.807) is 7.05 Å². The predicted octanol–water partition coefficient (Wildman–Crippen LogP) is 0.883. The fourth-order valence-electron chi connectivity index (χ4n) is 1.16. The van der Waals surface area contributed by atoms with Crippen LogP contribution in [0.25, 0.3) is 0 Å². The maximum atomic E-state index is 9.48. The van der Waals surface area contributed by atoms with Crippen molar-refractivity contribution in [2.75, 3.05) is 24.2 Å². The highest BCUT2D eigenvalue weighted by atomic mass is 16.5. The second kappa shape index (κ2) is 6.95. The maximum Gasteiger partial charge on any atom is 0.323 e. The monoisotopic (exact) mass is 255 g/mol. The van der Waals surface area contributed by atoms with Crippen molar-refractivity contribution in [3.63, 3.8) is 0 Å². The van der Waals surface area contributed by atoms with Crippen molar-refractivity contribution >= 4 is 11.9 Å². The number of aliphatic hydroxyl groups is 1. The first-order valence-corrected chi connectivity index (χ1v) is 6.07. The van der Waals surface area contributed by atoms with Crippen molar-refractivity contribution in [2.24, 2.45) is 0 Å². The summed E-state index contributed by atoms with van der Waals surface area (Å²) < 4.78 is 5.43. The first kappa shape index (κ1) is 14.4. The molecule has 0 fully saturated rings. The molecule has 1 atom stereocenters. The molecule has 1 heterocycles. The molecule has 102 valence electrons. The molecule has 0 aliphatic heterocycles. The van der Waals surface area contributed by atoms with Crippen LogP contribution in [-0.4, -0.2) is 45.9 Å². The fourth-order valence-corrected chi connectivity index (χ4v) is 1.16. The molecular weight excluding hydrogens is 234 g/mol. The van der Waals surface area contributed by atoms with E-state index in [9.17, 15) is 5.11 Å². The molecule has 0 aliphatic rings. The molecule has 0 aromatic carbocycles. The van der Waals surface area contributed by atoms with Gasteiger partial charge in [0.2, 0.25) is 11.9 Å². The third-order valence-electron chi connectivity index (χ3n) is 2.15. The van der Waals surface area contributed by atoms with Gasteiger partial charge in [0, 0.05) is 13.6 Å². The zero-order valence-electron chi connectivity index (χ0n) is 11.3. The summed E-state index contributed by atoms with van der Waals surface area (Å²) in [4.78, 5) is 12.3. The Morgan fingerprint density at radius 2 is 1.89 bits per heavy atom. The molecule has 1 aromatic heterocycles. The number of hydrogen-bond acceptors (Lipinski definition) is 7. The molecule has 3 N–H and O–H groups in total. The molecule has 0 spiro atoms. The zero-order chi connectivity index (χ0) is 13.5. The van der Waals surface area contributed by atoms with Crippen LogP contribution in [0.15, 0.2) is 0 Å². The van der Waals surface area contributed by atoms with Gasteiger partial charge in [0.05, 0.1) is 12.2 Å². The molecule has 0 bridgehead atoms. The molecule has 1 aromatic rings. The quantitative estimate of drug-likeness (QED) is 0.666. The van der Waals surface area contributed by atoms with Crippen LogP contribution in [0.5, 0.6) is 6.01 Å². The number of nitrogens with zero attached hydrogens (tertiary/aromatic N) is 3. The van der Waals surface area contributed by atoms with E-state index in [2.05, 4.69) is 25.6 Å². The Morgan fingerprint density at radius 3 is 2.44 bits per heavy atom. The minimum Gasteiger partial charge on any atom is -0.461 e. The Morgan fingerprint density at radius 1 is 1.22 bits per heavy atom. The Bertz CT molecular complexity index is 372. The summed E-state index contributed by atoms with van der Waals surface area (Å²) in [5.74, 6) is 0.812. The van der Waals surface area contributed by atoms with Gasteiger partial charge in [0.15, 0.2) is 0 Å². The van der Waals surface area contributed by atoms with Gasteiger partial charge in [-0.3, -0.25) is 0 Å². The first-order chi connectivity index (χ1) is 8.55. The highest BCUT2D eigenvalue weighted by Crippen LogP contribution is 2.12. The topological polar surface area (TPSA) is 92.2 Å². The Kier molecular flexibility index (Phi) is 5.57. The molecule has 1 unspecified atom stereocenters. The van der Waals surface area contributed by atoms with Crippen LogP contribution in [0.3, 0.4) is 0 Å². The van der Waals surface area contributed by atoms with E-state index >= 15 is 0 Å². The molecule has 0 saturated carbocycles. The van der Waals surface area contributed by atoms with Gasteiger partial charge >= 0.3 is 6.01 Å². The summed E-state index contributed by atoms with van der Waals surface area (Å²) in [5.41, 5.74) is 0. The van der Waals surface area contributed by atoms with E-state index in [1.807, 2.05) is 20.8 Å². The molecule has 18 heavy (non-hydrogen) atoms. The SMILES string of the molecule is CCC(O)CNc1nc(NC)nc(OC(C)C)n1. The normalized spacial score (nSPS) is 12.3. The number of anilines is 2. The summed E-state index contributed by atoms with van der Waals surface area (Å²) in [6.07, 6.45) is 0.243. The summed E-state index contributed by atoms with van der Waals surface area (Å²) in [6.45, 7) is 6.10. The standard InChI is InChI=1S/C11H21N5O2/c1-5-8(17)6-13-10-14-9(12-4)15-11(16-10)18-7(2)3/h7-8,17H,5-6H2,1-4H3,(H2,12,13,14,15,16). The molecule has 7 nitrogen and oxygen atoms in total. The van der Waals surface area contributed by atoms with Gasteiger partial charge in [-0.05, 0) is 20.3 Å². The molecule has 7 heteroatoms. The van der Waals surface area contributed by atoms with Crippen molar-refractivity contribution < 1.29 is 9.84 Å². The lowest BCUT2D eigenvalue weighted by molar-refractivity contribution is 0.183. The third-order valence-corrected chi connectivity index (χ3v) is 2.15. The van der Waals surface area contributed by atoms with E-state index in [0.29, 0.717) is 24.9 Å². The van der Waals surface area contributed by atoms with Crippen molar-refractivity contribution in [1.29, 1.82) is 0 Å². The zero-order valence-corrected chi connectivity index (χ0v) is 11.3. The number of aromatic nitrogens is 3. The van der Waals surface area contributed by atoms with Crippen LogP contribution in [0.1, 0.15) is 27.2 Å². The Balaban J connectivity index is 2.76. The lowest BCUT2D eigenvalue weighted by atomic mass is 10.3. The number of hydrogen-bond donors (Lipinski definition) is 3. The lowest BCUT2D eigenvalue weighted by Crippen LogP contribution is -2.20. The Hall–Kier alpha value is -1.63. The highest BCUT2D eigenvalue weighted by molar-refractivity contribution is 5.35. The van der Waals surface area contributed by atoms with E-state index in [4.69, 9.17) is 4.74 Å². The molecule has 0 saturated heterocycles. The van der Waals surface area contributed by atoms with Gasteiger partial charge in [-0.15, -0.1) is 0 Å².